The summed E-state index contributed by atoms with van der Waals surface area (Å²) in [7, 11) is -1.30. The molecule has 200 valence electrons. The van der Waals surface area contributed by atoms with E-state index in [9.17, 15) is 26.4 Å². The zero-order valence-electron chi connectivity index (χ0n) is 20.4. The monoisotopic (exact) mass is 564 g/mol. The van der Waals surface area contributed by atoms with E-state index in [0.717, 1.165) is 16.4 Å². The molecule has 5 rings (SSSR count). The van der Waals surface area contributed by atoms with E-state index in [2.05, 4.69) is 4.98 Å². The second kappa shape index (κ2) is 9.67. The topological polar surface area (TPSA) is 91.6 Å². The Hall–Kier alpha value is -3.49. The summed E-state index contributed by atoms with van der Waals surface area (Å²) in [5.41, 5.74) is -0.345. The Labute approximate surface area is 220 Å². The molecular formula is C24H23F3N6O3S2. The van der Waals surface area contributed by atoms with Crippen molar-refractivity contribution in [3.05, 3.63) is 70.0 Å². The van der Waals surface area contributed by atoms with Crippen LogP contribution in [-0.4, -0.2) is 67.5 Å². The maximum absolute atomic E-state index is 13.2. The Morgan fingerprint density at radius 3 is 2.21 bits per heavy atom. The van der Waals surface area contributed by atoms with Gasteiger partial charge < -0.3 is 9.80 Å². The van der Waals surface area contributed by atoms with Gasteiger partial charge in [0.1, 0.15) is 10.7 Å². The molecule has 0 aliphatic carbocycles. The molecular weight excluding hydrogens is 541 g/mol. The highest BCUT2D eigenvalue weighted by Gasteiger charge is 2.30. The van der Waals surface area contributed by atoms with Crippen molar-refractivity contribution in [2.24, 2.45) is 0 Å². The maximum Gasteiger partial charge on any atom is 0.416 e. The molecule has 1 saturated heterocycles. The molecule has 0 amide bonds. The lowest BCUT2D eigenvalue weighted by molar-refractivity contribution is -0.137. The van der Waals surface area contributed by atoms with Gasteiger partial charge in [-0.15, -0.1) is 11.3 Å². The molecule has 1 aliphatic heterocycles. The van der Waals surface area contributed by atoms with Gasteiger partial charge in [0.05, 0.1) is 10.9 Å². The standard InChI is InChI=1S/C24H23F3N6O3S2/c1-30(2)38(35,36)19-15-33(23-28-9-14-37-23)22-18(21(19)34)7-8-20(29-22)32-12-10-31(11-13-32)17-5-3-16(4-6-17)24(25,26)27/h3-9,14-15H,10-13H2,1-2H3. The lowest BCUT2D eigenvalue weighted by Gasteiger charge is -2.37. The van der Waals surface area contributed by atoms with Crippen molar-refractivity contribution in [1.82, 2.24) is 18.8 Å². The molecule has 4 heterocycles. The van der Waals surface area contributed by atoms with Crippen molar-refractivity contribution in [3.8, 4) is 5.13 Å². The van der Waals surface area contributed by atoms with E-state index in [-0.39, 0.29) is 15.9 Å². The molecule has 1 aliphatic rings. The summed E-state index contributed by atoms with van der Waals surface area (Å²) in [5.74, 6) is 0.595. The van der Waals surface area contributed by atoms with Crippen LogP contribution >= 0.6 is 11.3 Å². The molecule has 0 bridgehead atoms. The van der Waals surface area contributed by atoms with Crippen LogP contribution in [0.2, 0.25) is 0 Å². The van der Waals surface area contributed by atoms with E-state index in [1.54, 1.807) is 23.7 Å². The van der Waals surface area contributed by atoms with Gasteiger partial charge in [-0.3, -0.25) is 9.36 Å². The fraction of sp³-hybridized carbons (Fsp3) is 0.292. The number of rotatable bonds is 5. The lowest BCUT2D eigenvalue weighted by Crippen LogP contribution is -2.46. The number of fused-ring (bicyclic) bond motifs is 1. The number of pyridine rings is 2. The van der Waals surface area contributed by atoms with E-state index in [1.807, 2.05) is 9.80 Å². The van der Waals surface area contributed by atoms with Crippen molar-refractivity contribution in [2.75, 3.05) is 50.1 Å². The summed E-state index contributed by atoms with van der Waals surface area (Å²) in [6.07, 6.45) is -1.54. The van der Waals surface area contributed by atoms with Gasteiger partial charge in [0.15, 0.2) is 10.8 Å². The van der Waals surface area contributed by atoms with Crippen LogP contribution in [0, 0.1) is 0 Å². The molecule has 9 nitrogen and oxygen atoms in total. The largest absolute Gasteiger partial charge is 0.416 e. The van der Waals surface area contributed by atoms with E-state index in [0.29, 0.717) is 42.8 Å². The highest BCUT2D eigenvalue weighted by molar-refractivity contribution is 7.89. The van der Waals surface area contributed by atoms with Crippen LogP contribution in [0.25, 0.3) is 16.2 Å². The normalized spacial score (nSPS) is 15.0. The first-order valence-electron chi connectivity index (χ1n) is 11.5. The fourth-order valence-corrected chi connectivity index (χ4v) is 5.86. The molecule has 0 atom stereocenters. The van der Waals surface area contributed by atoms with Gasteiger partial charge in [-0.25, -0.2) is 22.7 Å². The van der Waals surface area contributed by atoms with Crippen molar-refractivity contribution >= 4 is 43.9 Å². The fourth-order valence-electron chi connectivity index (χ4n) is 4.26. The third kappa shape index (κ3) is 4.74. The number of halogens is 3. The van der Waals surface area contributed by atoms with Gasteiger partial charge in [0, 0.05) is 63.7 Å². The Balaban J connectivity index is 1.46. The van der Waals surface area contributed by atoms with Crippen LogP contribution < -0.4 is 15.2 Å². The van der Waals surface area contributed by atoms with Crippen LogP contribution in [0.3, 0.4) is 0 Å². The van der Waals surface area contributed by atoms with Gasteiger partial charge in [-0.1, -0.05) is 0 Å². The summed E-state index contributed by atoms with van der Waals surface area (Å²) >= 11 is 1.28. The Kier molecular flexibility index (Phi) is 6.65. The van der Waals surface area contributed by atoms with Crippen LogP contribution in [0.15, 0.2) is 63.9 Å². The highest BCUT2D eigenvalue weighted by Crippen LogP contribution is 2.31. The van der Waals surface area contributed by atoms with Gasteiger partial charge in [-0.05, 0) is 36.4 Å². The Bertz CT molecular complexity index is 1630. The van der Waals surface area contributed by atoms with E-state index >= 15 is 0 Å². The van der Waals surface area contributed by atoms with Crippen LogP contribution in [0.1, 0.15) is 5.56 Å². The molecule has 1 aromatic carbocycles. The number of thiazole rings is 1. The number of piperazine rings is 1. The summed E-state index contributed by atoms with van der Waals surface area (Å²) in [6.45, 7) is 2.22. The number of alkyl halides is 3. The van der Waals surface area contributed by atoms with E-state index in [4.69, 9.17) is 4.98 Å². The van der Waals surface area contributed by atoms with E-state index in [1.165, 1.54) is 48.3 Å². The molecule has 38 heavy (non-hydrogen) atoms. The number of benzene rings is 1. The number of hydrogen-bond acceptors (Lipinski definition) is 8. The van der Waals surface area contributed by atoms with E-state index < -0.39 is 27.2 Å². The molecule has 4 aromatic rings. The zero-order valence-corrected chi connectivity index (χ0v) is 22.0. The zero-order chi connectivity index (χ0) is 27.2. The maximum atomic E-state index is 13.2. The molecule has 1 fully saturated rings. The molecule has 0 N–H and O–H groups in total. The molecule has 0 saturated carbocycles. The smallest absolute Gasteiger partial charge is 0.368 e. The Morgan fingerprint density at radius 1 is 0.974 bits per heavy atom. The molecule has 3 aromatic heterocycles. The van der Waals surface area contributed by atoms with Crippen molar-refractivity contribution in [1.29, 1.82) is 0 Å². The first-order chi connectivity index (χ1) is 18.0. The molecule has 14 heteroatoms. The third-order valence-electron chi connectivity index (χ3n) is 6.35. The first-order valence-corrected chi connectivity index (χ1v) is 13.8. The summed E-state index contributed by atoms with van der Waals surface area (Å²) in [6, 6.07) is 8.35. The molecule has 0 radical (unpaired) electrons. The van der Waals surface area contributed by atoms with Gasteiger partial charge in [0.2, 0.25) is 15.5 Å². The average Bonchev–Trinajstić information content (AvgIpc) is 3.43. The van der Waals surface area contributed by atoms with Crippen molar-refractivity contribution in [3.63, 3.8) is 0 Å². The molecule has 0 unspecified atom stereocenters. The van der Waals surface area contributed by atoms with Crippen LogP contribution in [0.4, 0.5) is 24.7 Å². The minimum absolute atomic E-state index is 0.148. The average molecular weight is 565 g/mol. The van der Waals surface area contributed by atoms with Crippen molar-refractivity contribution < 1.29 is 21.6 Å². The second-order valence-electron chi connectivity index (χ2n) is 8.85. The summed E-state index contributed by atoms with van der Waals surface area (Å²) in [5, 5.41) is 2.35. The van der Waals surface area contributed by atoms with Crippen molar-refractivity contribution in [2.45, 2.75) is 11.1 Å². The third-order valence-corrected chi connectivity index (χ3v) is 8.93. The van der Waals surface area contributed by atoms with Crippen LogP contribution in [-0.2, 0) is 16.2 Å². The van der Waals surface area contributed by atoms with Crippen LogP contribution in [0.5, 0.6) is 0 Å². The van der Waals surface area contributed by atoms with Gasteiger partial charge in [-0.2, -0.15) is 13.2 Å². The number of sulfonamides is 1. The Morgan fingerprint density at radius 2 is 1.63 bits per heavy atom. The predicted octanol–water partition coefficient (Wildman–Crippen LogP) is 3.44. The minimum Gasteiger partial charge on any atom is -0.368 e. The number of nitrogens with zero attached hydrogens (tertiary/aromatic N) is 6. The lowest BCUT2D eigenvalue weighted by atomic mass is 10.1. The van der Waals surface area contributed by atoms with Gasteiger partial charge >= 0.3 is 6.18 Å². The predicted molar refractivity (Wildman–Crippen MR) is 140 cm³/mol. The second-order valence-corrected chi connectivity index (χ2v) is 11.8. The SMILES string of the molecule is CN(C)S(=O)(=O)c1cn(-c2nccs2)c2nc(N3CCN(c4ccc(C(F)(F)F)cc4)CC3)ccc2c1=O. The molecule has 0 spiro atoms. The summed E-state index contributed by atoms with van der Waals surface area (Å²) < 4.78 is 66.9. The number of anilines is 2. The summed E-state index contributed by atoms with van der Waals surface area (Å²) in [4.78, 5) is 25.9. The number of hydrogen-bond donors (Lipinski definition) is 0. The quantitative estimate of drug-likeness (QED) is 0.367. The highest BCUT2D eigenvalue weighted by atomic mass is 32.2. The minimum atomic E-state index is -4.38. The van der Waals surface area contributed by atoms with Gasteiger partial charge in [0.25, 0.3) is 0 Å². The first kappa shape index (κ1) is 26.1. The number of aromatic nitrogens is 3.